The van der Waals surface area contributed by atoms with Crippen molar-refractivity contribution in [3.63, 3.8) is 0 Å². The van der Waals surface area contributed by atoms with Gasteiger partial charge in [-0.05, 0) is 19.3 Å². The maximum absolute atomic E-state index is 10.5. The number of rotatable bonds is 5. The van der Waals surface area contributed by atoms with Gasteiger partial charge in [-0.1, -0.05) is 26.2 Å². The fourth-order valence-electron chi connectivity index (χ4n) is 2.94. The zero-order chi connectivity index (χ0) is 13.9. The first-order valence-electron chi connectivity index (χ1n) is 7.08. The highest BCUT2D eigenvalue weighted by Gasteiger charge is 2.33. The van der Waals surface area contributed by atoms with Crippen LogP contribution in [0.15, 0.2) is 6.33 Å². The largest absolute Gasteiger partial charge is 0.388 e. The molecule has 5 nitrogen and oxygen atoms in total. The Morgan fingerprint density at radius 3 is 2.68 bits per heavy atom. The fourth-order valence-corrected chi connectivity index (χ4v) is 2.94. The van der Waals surface area contributed by atoms with Gasteiger partial charge in [-0.15, -0.1) is 0 Å². The van der Waals surface area contributed by atoms with Crippen LogP contribution in [0.2, 0.25) is 0 Å². The van der Waals surface area contributed by atoms with E-state index >= 15 is 0 Å². The molecule has 1 fully saturated rings. The number of hydrogen-bond donors (Lipinski definition) is 2. The van der Waals surface area contributed by atoms with E-state index in [2.05, 4.69) is 16.9 Å². The van der Waals surface area contributed by atoms with E-state index in [9.17, 15) is 5.11 Å². The molecule has 0 atom stereocenters. The summed E-state index contributed by atoms with van der Waals surface area (Å²) in [6.07, 6.45) is 7.34. The summed E-state index contributed by atoms with van der Waals surface area (Å²) in [5.74, 6) is 1.41. The van der Waals surface area contributed by atoms with Gasteiger partial charge in [0.15, 0.2) is 0 Å². The minimum atomic E-state index is -0.571. The smallest absolute Gasteiger partial charge is 0.137 e. The standard InChI is InChI=1S/C14H24N4O/c1-3-6-11-12(15)16-10-17-13(11)18(2)9-14(19)7-4-5-8-14/h10,19H,3-9H2,1-2H3,(H2,15,16,17). The van der Waals surface area contributed by atoms with Crippen molar-refractivity contribution in [2.24, 2.45) is 0 Å². The van der Waals surface area contributed by atoms with Gasteiger partial charge in [0, 0.05) is 19.2 Å². The number of likely N-dealkylation sites (N-methyl/N-ethyl adjacent to an activating group) is 1. The van der Waals surface area contributed by atoms with Crippen molar-refractivity contribution in [2.45, 2.75) is 51.0 Å². The van der Waals surface area contributed by atoms with Crippen molar-refractivity contribution in [1.82, 2.24) is 9.97 Å². The van der Waals surface area contributed by atoms with E-state index in [0.717, 1.165) is 49.9 Å². The first-order valence-corrected chi connectivity index (χ1v) is 7.08. The molecule has 0 radical (unpaired) electrons. The number of hydrogen-bond acceptors (Lipinski definition) is 5. The predicted molar refractivity (Wildman–Crippen MR) is 77.1 cm³/mol. The molecular formula is C14H24N4O. The van der Waals surface area contributed by atoms with Gasteiger partial charge in [-0.3, -0.25) is 0 Å². The van der Waals surface area contributed by atoms with Crippen LogP contribution in [0.4, 0.5) is 11.6 Å². The first-order chi connectivity index (χ1) is 9.06. The Morgan fingerprint density at radius 2 is 2.05 bits per heavy atom. The van der Waals surface area contributed by atoms with Crippen molar-refractivity contribution in [3.8, 4) is 0 Å². The van der Waals surface area contributed by atoms with E-state index in [-0.39, 0.29) is 0 Å². The molecule has 3 N–H and O–H groups in total. The zero-order valence-corrected chi connectivity index (χ0v) is 11.9. The van der Waals surface area contributed by atoms with E-state index in [1.807, 2.05) is 11.9 Å². The molecule has 0 spiro atoms. The molecule has 1 aliphatic rings. The van der Waals surface area contributed by atoms with Crippen molar-refractivity contribution in [2.75, 3.05) is 24.2 Å². The Morgan fingerprint density at radius 1 is 1.37 bits per heavy atom. The number of nitrogens with two attached hydrogens (primary N) is 1. The van der Waals surface area contributed by atoms with Crippen molar-refractivity contribution >= 4 is 11.6 Å². The number of nitrogen functional groups attached to an aromatic ring is 1. The highest BCUT2D eigenvalue weighted by atomic mass is 16.3. The second-order valence-corrected chi connectivity index (χ2v) is 5.60. The van der Waals surface area contributed by atoms with Gasteiger partial charge in [-0.25, -0.2) is 9.97 Å². The molecule has 0 amide bonds. The van der Waals surface area contributed by atoms with Crippen LogP contribution in [0.5, 0.6) is 0 Å². The Labute approximate surface area is 114 Å². The van der Waals surface area contributed by atoms with Crippen LogP contribution in [0.25, 0.3) is 0 Å². The SMILES string of the molecule is CCCc1c(N)ncnc1N(C)CC1(O)CCCC1. The third kappa shape index (κ3) is 3.15. The second kappa shape index (κ2) is 5.74. The Balaban J connectivity index is 2.18. The lowest BCUT2D eigenvalue weighted by Crippen LogP contribution is -2.40. The summed E-state index contributed by atoms with van der Waals surface area (Å²) in [5, 5.41) is 10.5. The lowest BCUT2D eigenvalue weighted by Gasteiger charge is -2.30. The Bertz CT molecular complexity index is 429. The molecule has 0 saturated heterocycles. The minimum Gasteiger partial charge on any atom is -0.388 e. The van der Waals surface area contributed by atoms with Gasteiger partial charge in [0.2, 0.25) is 0 Å². The van der Waals surface area contributed by atoms with E-state index in [1.54, 1.807) is 0 Å². The molecule has 1 saturated carbocycles. The highest BCUT2D eigenvalue weighted by Crippen LogP contribution is 2.32. The predicted octanol–water partition coefficient (Wildman–Crippen LogP) is 1.75. The summed E-state index contributed by atoms with van der Waals surface area (Å²) in [6.45, 7) is 2.72. The summed E-state index contributed by atoms with van der Waals surface area (Å²) in [7, 11) is 1.97. The van der Waals surface area contributed by atoms with Gasteiger partial charge in [0.25, 0.3) is 0 Å². The lowest BCUT2D eigenvalue weighted by molar-refractivity contribution is 0.0557. The normalized spacial score (nSPS) is 17.6. The molecule has 1 aromatic rings. The molecule has 0 unspecified atom stereocenters. The molecule has 19 heavy (non-hydrogen) atoms. The summed E-state index contributed by atoms with van der Waals surface area (Å²) < 4.78 is 0. The van der Waals surface area contributed by atoms with Gasteiger partial charge >= 0.3 is 0 Å². The van der Waals surface area contributed by atoms with Crippen molar-refractivity contribution in [1.29, 1.82) is 0 Å². The molecule has 0 aromatic carbocycles. The summed E-state index contributed by atoms with van der Waals surface area (Å²) in [6, 6.07) is 0. The Kier molecular flexibility index (Phi) is 4.24. The van der Waals surface area contributed by atoms with E-state index in [4.69, 9.17) is 5.73 Å². The van der Waals surface area contributed by atoms with Crippen LogP contribution >= 0.6 is 0 Å². The lowest BCUT2D eigenvalue weighted by atomic mass is 10.0. The molecule has 0 aliphatic heterocycles. The number of anilines is 2. The monoisotopic (exact) mass is 264 g/mol. The van der Waals surface area contributed by atoms with Crippen LogP contribution in [0.1, 0.15) is 44.6 Å². The Hall–Kier alpha value is -1.36. The molecule has 2 rings (SSSR count). The minimum absolute atomic E-state index is 0.553. The molecule has 106 valence electrons. The topological polar surface area (TPSA) is 75.3 Å². The van der Waals surface area contributed by atoms with E-state index < -0.39 is 5.60 Å². The quantitative estimate of drug-likeness (QED) is 0.847. The molecule has 1 aromatic heterocycles. The van der Waals surface area contributed by atoms with Crippen molar-refractivity contribution in [3.05, 3.63) is 11.9 Å². The maximum atomic E-state index is 10.5. The van der Waals surface area contributed by atoms with Crippen LogP contribution < -0.4 is 10.6 Å². The zero-order valence-electron chi connectivity index (χ0n) is 11.9. The van der Waals surface area contributed by atoms with E-state index in [0.29, 0.717) is 12.4 Å². The summed E-state index contributed by atoms with van der Waals surface area (Å²) in [4.78, 5) is 10.4. The van der Waals surface area contributed by atoms with Gasteiger partial charge < -0.3 is 15.7 Å². The average Bonchev–Trinajstić information content (AvgIpc) is 2.78. The molecule has 1 heterocycles. The van der Waals surface area contributed by atoms with Crippen LogP contribution in [-0.4, -0.2) is 34.3 Å². The van der Waals surface area contributed by atoms with Crippen LogP contribution in [-0.2, 0) is 6.42 Å². The maximum Gasteiger partial charge on any atom is 0.137 e. The summed E-state index contributed by atoms with van der Waals surface area (Å²) >= 11 is 0. The highest BCUT2D eigenvalue weighted by molar-refractivity contribution is 5.56. The summed E-state index contributed by atoms with van der Waals surface area (Å²) in [5.41, 5.74) is 6.37. The molecule has 0 bridgehead atoms. The molecule has 1 aliphatic carbocycles. The number of nitrogens with zero attached hydrogens (tertiary/aromatic N) is 3. The molecule has 5 heteroatoms. The second-order valence-electron chi connectivity index (χ2n) is 5.60. The molecular weight excluding hydrogens is 240 g/mol. The van der Waals surface area contributed by atoms with Crippen molar-refractivity contribution < 1.29 is 5.11 Å². The average molecular weight is 264 g/mol. The first kappa shape index (κ1) is 14.1. The third-order valence-corrected chi connectivity index (χ3v) is 3.88. The van der Waals surface area contributed by atoms with Crippen LogP contribution in [0, 0.1) is 0 Å². The van der Waals surface area contributed by atoms with Crippen LogP contribution in [0.3, 0.4) is 0 Å². The van der Waals surface area contributed by atoms with Gasteiger partial charge in [0.1, 0.15) is 18.0 Å². The number of aliphatic hydroxyl groups is 1. The number of aromatic nitrogens is 2. The third-order valence-electron chi connectivity index (χ3n) is 3.88. The fraction of sp³-hybridized carbons (Fsp3) is 0.714. The van der Waals surface area contributed by atoms with E-state index in [1.165, 1.54) is 6.33 Å². The van der Waals surface area contributed by atoms with Gasteiger partial charge in [0.05, 0.1) is 5.60 Å². The van der Waals surface area contributed by atoms with Gasteiger partial charge in [-0.2, -0.15) is 0 Å².